The summed E-state index contributed by atoms with van der Waals surface area (Å²) in [5.74, 6) is 0.0193. The lowest BCUT2D eigenvalue weighted by atomic mass is 9.82. The molecule has 0 fully saturated rings. The topological polar surface area (TPSA) is 32.7 Å². The Morgan fingerprint density at radius 1 is 0.950 bits per heavy atom. The fourth-order valence-corrected chi connectivity index (χ4v) is 3.00. The Morgan fingerprint density at radius 2 is 1.65 bits per heavy atom. The van der Waals surface area contributed by atoms with E-state index in [4.69, 9.17) is 0 Å². The van der Waals surface area contributed by atoms with E-state index >= 15 is 0 Å². The molecule has 1 unspecified atom stereocenters. The second-order valence-corrected chi connectivity index (χ2v) is 5.28. The summed E-state index contributed by atoms with van der Waals surface area (Å²) < 4.78 is 0. The summed E-state index contributed by atoms with van der Waals surface area (Å²) in [6.07, 6.45) is 1.56. The largest absolute Gasteiger partial charge is 0.272 e. The summed E-state index contributed by atoms with van der Waals surface area (Å²) in [5.41, 5.74) is 4.42. The number of hydrazone groups is 1. The molecular weight excluding hydrogens is 248 g/mol. The van der Waals surface area contributed by atoms with Gasteiger partial charge in [-0.25, -0.2) is 5.01 Å². The van der Waals surface area contributed by atoms with Gasteiger partial charge < -0.3 is 0 Å². The van der Waals surface area contributed by atoms with Gasteiger partial charge in [0.25, 0.3) is 5.91 Å². The van der Waals surface area contributed by atoms with E-state index in [9.17, 15) is 4.79 Å². The molecule has 4 rings (SSSR count). The quantitative estimate of drug-likeness (QED) is 0.777. The van der Waals surface area contributed by atoms with Crippen LogP contribution in [0.5, 0.6) is 0 Å². The minimum absolute atomic E-state index is 0.0786. The first-order valence-corrected chi connectivity index (χ1v) is 6.86. The molecule has 2 aromatic rings. The minimum Gasteiger partial charge on any atom is -0.272 e. The van der Waals surface area contributed by atoms with Gasteiger partial charge >= 0.3 is 0 Å². The molecule has 98 valence electrons. The predicted molar refractivity (Wildman–Crippen MR) is 78.7 cm³/mol. The lowest BCUT2D eigenvalue weighted by molar-refractivity contribution is -0.119. The lowest BCUT2D eigenvalue weighted by Crippen LogP contribution is -2.32. The van der Waals surface area contributed by atoms with Crippen LogP contribution in [-0.4, -0.2) is 11.6 Å². The number of hydrogen-bond acceptors (Lipinski definition) is 2. The molecular formula is C17H14N2O. The van der Waals surface area contributed by atoms with Crippen LogP contribution in [0.15, 0.2) is 59.7 Å². The number of carbonyl (C=O) groups excluding carboxylic acids is 1. The maximum absolute atomic E-state index is 12.6. The molecule has 1 aliphatic heterocycles. The highest BCUT2D eigenvalue weighted by Gasteiger charge is 2.39. The van der Waals surface area contributed by atoms with E-state index in [0.717, 1.165) is 24.2 Å². The van der Waals surface area contributed by atoms with E-state index in [2.05, 4.69) is 17.2 Å². The summed E-state index contributed by atoms with van der Waals surface area (Å²) in [6, 6.07) is 18.0. The van der Waals surface area contributed by atoms with Crippen molar-refractivity contribution in [3.63, 3.8) is 0 Å². The van der Waals surface area contributed by atoms with Crippen LogP contribution < -0.4 is 5.01 Å². The van der Waals surface area contributed by atoms with Crippen molar-refractivity contribution in [3.05, 3.63) is 65.7 Å². The fourth-order valence-electron chi connectivity index (χ4n) is 3.00. The lowest BCUT2D eigenvalue weighted by Gasteiger charge is -2.20. The zero-order chi connectivity index (χ0) is 13.5. The Kier molecular flexibility index (Phi) is 2.46. The van der Waals surface area contributed by atoms with Crippen molar-refractivity contribution in [3.8, 4) is 0 Å². The zero-order valence-corrected chi connectivity index (χ0v) is 11.0. The van der Waals surface area contributed by atoms with Crippen LogP contribution in [0.25, 0.3) is 0 Å². The summed E-state index contributed by atoms with van der Waals surface area (Å²) >= 11 is 0. The molecule has 0 radical (unpaired) electrons. The van der Waals surface area contributed by atoms with Gasteiger partial charge in [-0.3, -0.25) is 4.79 Å². The van der Waals surface area contributed by atoms with Gasteiger partial charge in [-0.15, -0.1) is 0 Å². The number of fused-ring (bicyclic) bond motifs is 2. The summed E-state index contributed by atoms with van der Waals surface area (Å²) in [4.78, 5) is 12.6. The third kappa shape index (κ3) is 1.67. The van der Waals surface area contributed by atoms with Crippen molar-refractivity contribution in [2.24, 2.45) is 11.0 Å². The molecule has 20 heavy (non-hydrogen) atoms. The van der Waals surface area contributed by atoms with Crippen molar-refractivity contribution >= 4 is 17.3 Å². The smallest absolute Gasteiger partial charge is 0.256 e. The third-order valence-electron chi connectivity index (χ3n) is 4.05. The second kappa shape index (κ2) is 4.30. The van der Waals surface area contributed by atoms with E-state index in [1.54, 1.807) is 5.01 Å². The number of para-hydroxylation sites is 1. The monoisotopic (exact) mass is 262 g/mol. The fraction of sp³-hybridized carbons (Fsp3) is 0.176. The van der Waals surface area contributed by atoms with Gasteiger partial charge in [-0.05, 0) is 29.7 Å². The van der Waals surface area contributed by atoms with Gasteiger partial charge in [-0.1, -0.05) is 42.5 Å². The molecule has 0 spiro atoms. The highest BCUT2D eigenvalue weighted by Crippen LogP contribution is 2.31. The number of carbonyl (C=O) groups is 1. The van der Waals surface area contributed by atoms with Crippen molar-refractivity contribution in [2.75, 3.05) is 5.01 Å². The first-order valence-electron chi connectivity index (χ1n) is 6.86. The average Bonchev–Trinajstić information content (AvgIpc) is 2.83. The molecule has 0 saturated carbocycles. The molecule has 1 atom stereocenters. The summed E-state index contributed by atoms with van der Waals surface area (Å²) in [5, 5.41) is 6.12. The Balaban J connectivity index is 1.72. The van der Waals surface area contributed by atoms with Crippen LogP contribution >= 0.6 is 0 Å². The van der Waals surface area contributed by atoms with Gasteiger partial charge in [-0.2, -0.15) is 5.10 Å². The van der Waals surface area contributed by atoms with Crippen LogP contribution in [-0.2, 0) is 17.6 Å². The van der Waals surface area contributed by atoms with Gasteiger partial charge in [0, 0.05) is 6.42 Å². The van der Waals surface area contributed by atoms with E-state index in [0.29, 0.717) is 0 Å². The molecule has 1 amide bonds. The van der Waals surface area contributed by atoms with E-state index < -0.39 is 0 Å². The number of amides is 1. The molecule has 0 aromatic heterocycles. The van der Waals surface area contributed by atoms with Crippen LogP contribution in [0.3, 0.4) is 0 Å². The predicted octanol–water partition coefficient (Wildman–Crippen LogP) is 2.80. The number of rotatable bonds is 1. The van der Waals surface area contributed by atoms with Crippen molar-refractivity contribution < 1.29 is 4.79 Å². The third-order valence-corrected chi connectivity index (χ3v) is 4.05. The normalized spacial score (nSPS) is 20.4. The first-order chi connectivity index (χ1) is 9.83. The zero-order valence-electron chi connectivity index (χ0n) is 11.0. The van der Waals surface area contributed by atoms with Crippen molar-refractivity contribution in [2.45, 2.75) is 12.8 Å². The van der Waals surface area contributed by atoms with E-state index in [1.165, 1.54) is 11.1 Å². The molecule has 3 nitrogen and oxygen atoms in total. The van der Waals surface area contributed by atoms with Gasteiger partial charge in [0.05, 0.1) is 17.3 Å². The summed E-state index contributed by atoms with van der Waals surface area (Å²) in [7, 11) is 0. The van der Waals surface area contributed by atoms with Crippen LogP contribution in [0.2, 0.25) is 0 Å². The molecule has 3 heteroatoms. The Hall–Kier alpha value is -2.42. The number of benzene rings is 2. The SMILES string of the molecule is O=C1C2Cc3ccccc3CC2=NN1c1ccccc1. The average molecular weight is 262 g/mol. The molecule has 2 aromatic carbocycles. The highest BCUT2D eigenvalue weighted by molar-refractivity contribution is 6.16. The van der Waals surface area contributed by atoms with Gasteiger partial charge in [0.2, 0.25) is 0 Å². The molecule has 0 N–H and O–H groups in total. The Labute approximate surface area is 117 Å². The van der Waals surface area contributed by atoms with Crippen LogP contribution in [0.4, 0.5) is 5.69 Å². The summed E-state index contributed by atoms with van der Waals surface area (Å²) in [6.45, 7) is 0. The molecule has 1 aliphatic carbocycles. The maximum atomic E-state index is 12.6. The van der Waals surface area contributed by atoms with E-state index in [-0.39, 0.29) is 11.8 Å². The highest BCUT2D eigenvalue weighted by atomic mass is 16.2. The van der Waals surface area contributed by atoms with Gasteiger partial charge in [0.15, 0.2) is 0 Å². The van der Waals surface area contributed by atoms with Crippen molar-refractivity contribution in [1.29, 1.82) is 0 Å². The van der Waals surface area contributed by atoms with E-state index in [1.807, 2.05) is 42.5 Å². The van der Waals surface area contributed by atoms with Gasteiger partial charge in [0.1, 0.15) is 0 Å². The molecule has 0 saturated heterocycles. The molecule has 0 bridgehead atoms. The maximum Gasteiger partial charge on any atom is 0.256 e. The Morgan fingerprint density at radius 3 is 2.45 bits per heavy atom. The van der Waals surface area contributed by atoms with Crippen molar-refractivity contribution in [1.82, 2.24) is 0 Å². The number of nitrogens with zero attached hydrogens (tertiary/aromatic N) is 2. The second-order valence-electron chi connectivity index (χ2n) is 5.28. The number of anilines is 1. The Bertz CT molecular complexity index is 706. The van der Waals surface area contributed by atoms with Crippen LogP contribution in [0.1, 0.15) is 11.1 Å². The molecule has 2 aliphatic rings. The standard InChI is InChI=1S/C17H14N2O/c20-17-15-10-12-6-4-5-7-13(12)11-16(15)18-19(17)14-8-2-1-3-9-14/h1-9,15H,10-11H2. The minimum atomic E-state index is -0.0786. The van der Waals surface area contributed by atoms with Crippen LogP contribution in [0, 0.1) is 5.92 Å². The molecule has 1 heterocycles. The first kappa shape index (κ1) is 11.4. The number of hydrogen-bond donors (Lipinski definition) is 0.